The van der Waals surface area contributed by atoms with Gasteiger partial charge in [-0.05, 0) is 55.4 Å². The summed E-state index contributed by atoms with van der Waals surface area (Å²) in [6, 6.07) is 0. The molecule has 0 aromatic carbocycles. The molecule has 0 spiro atoms. The van der Waals surface area contributed by atoms with Crippen LogP contribution in [0.15, 0.2) is 0 Å². The fourth-order valence-corrected chi connectivity index (χ4v) is 1.40. The Hall–Kier alpha value is -2.00. The molecule has 0 N–H and O–H groups in total. The molecule has 0 aliphatic carbocycles. The molecule has 8 nitrogen and oxygen atoms in total. The van der Waals surface area contributed by atoms with Crippen LogP contribution in [-0.2, 0) is 58.1 Å². The maximum Gasteiger partial charge on any atom is 4.00 e. The van der Waals surface area contributed by atoms with Crippen molar-refractivity contribution >= 4 is 46.3 Å². The average molecular weight is 591 g/mol. The van der Waals surface area contributed by atoms with Crippen LogP contribution in [0.2, 0.25) is 0 Å². The third kappa shape index (κ3) is 76.4. The number of hydrogen-bond acceptors (Lipinski definition) is 8. The van der Waals surface area contributed by atoms with Gasteiger partial charge < -0.3 is 0 Å². The first-order valence-electron chi connectivity index (χ1n) is 8.46. The van der Waals surface area contributed by atoms with Gasteiger partial charge in [-0.1, -0.05) is 0 Å². The van der Waals surface area contributed by atoms with E-state index in [0.717, 1.165) is 0 Å². The zero-order chi connectivity index (χ0) is 23.4. The van der Waals surface area contributed by atoms with Crippen LogP contribution in [0.1, 0.15) is 81.1 Å². The summed E-state index contributed by atoms with van der Waals surface area (Å²) in [5.74, 6) is -0.500. The predicted molar refractivity (Wildman–Crippen MR) is 104 cm³/mol. The Kier molecular flexibility index (Phi) is 31.3. The zero-order valence-electron chi connectivity index (χ0n) is 18.4. The van der Waals surface area contributed by atoms with E-state index in [9.17, 15) is 38.4 Å². The minimum absolute atomic E-state index is 0. The average Bonchev–Trinajstić information content (AvgIpc) is 2.32. The van der Waals surface area contributed by atoms with Crippen molar-refractivity contribution in [3.63, 3.8) is 0 Å². The molecule has 0 amide bonds. The van der Waals surface area contributed by atoms with E-state index < -0.39 is 0 Å². The van der Waals surface area contributed by atoms with Crippen LogP contribution >= 0.6 is 0 Å². The van der Waals surface area contributed by atoms with E-state index in [1.54, 1.807) is 0 Å². The van der Waals surface area contributed by atoms with Crippen LogP contribution < -0.4 is 0 Å². The number of carbonyl (C=O) groups excluding carboxylic acids is 8. The van der Waals surface area contributed by atoms with E-state index in [0.29, 0.717) is 0 Å². The first-order chi connectivity index (χ1) is 12.5. The molecule has 0 aromatic rings. The number of Topliss-reactive ketones (excluding diaryl/α,β-unsaturated/α-hetero) is 8. The molecule has 0 saturated carbocycles. The summed E-state index contributed by atoms with van der Waals surface area (Å²) in [6.45, 7) is 11.2. The van der Waals surface area contributed by atoms with Gasteiger partial charge in [0.15, 0.2) is 0 Å². The Labute approximate surface area is 185 Å². The molecule has 0 atom stereocenters. The van der Waals surface area contributed by atoms with Crippen LogP contribution in [0.5, 0.6) is 0 Å². The van der Waals surface area contributed by atoms with Crippen molar-refractivity contribution in [1.82, 2.24) is 0 Å². The first kappa shape index (κ1) is 37.7. The maximum atomic E-state index is 10.0. The Balaban J connectivity index is -0.0000000873. The van der Waals surface area contributed by atoms with Gasteiger partial charge in [0.25, 0.3) is 0 Å². The van der Waals surface area contributed by atoms with Gasteiger partial charge in [-0.25, -0.2) is 0 Å². The van der Waals surface area contributed by atoms with Gasteiger partial charge in [-0.15, -0.1) is 0 Å². The van der Waals surface area contributed by atoms with Crippen LogP contribution in [-0.4, -0.2) is 46.3 Å². The quantitative estimate of drug-likeness (QED) is 0.393. The van der Waals surface area contributed by atoms with E-state index in [-0.39, 0.29) is 91.7 Å². The van der Waals surface area contributed by atoms with Crippen molar-refractivity contribution in [2.24, 2.45) is 0 Å². The number of rotatable bonds is 8. The van der Waals surface area contributed by atoms with Crippen LogP contribution in [0, 0.1) is 0 Å². The maximum absolute atomic E-state index is 10.0. The van der Waals surface area contributed by atoms with E-state index in [4.69, 9.17) is 0 Å². The van der Waals surface area contributed by atoms with Crippen LogP contribution in [0.25, 0.3) is 0 Å². The van der Waals surface area contributed by atoms with Crippen molar-refractivity contribution in [2.45, 2.75) is 81.1 Å². The van der Waals surface area contributed by atoms with Crippen LogP contribution in [0.4, 0.5) is 0 Å². The SMILES string of the molecule is CC(=O)CC(C)=O.CC(=O)CC(C)=O.CC(=O)CC(C)=O.CC(=O)CC(C)=O.[Os+4]. The third-order valence-electron chi connectivity index (χ3n) is 1.99. The Morgan fingerprint density at radius 2 is 0.379 bits per heavy atom. The molecule has 0 rings (SSSR count). The molecule has 0 aromatic heterocycles. The fraction of sp³-hybridized carbons (Fsp3) is 0.600. The van der Waals surface area contributed by atoms with Crippen molar-refractivity contribution < 1.29 is 58.1 Å². The predicted octanol–water partition coefficient (Wildman–Crippen LogP) is 2.22. The molecule has 29 heavy (non-hydrogen) atoms. The van der Waals surface area contributed by atoms with Gasteiger partial charge in [-0.2, -0.15) is 0 Å². The summed E-state index contributed by atoms with van der Waals surface area (Å²) in [6.07, 6.45) is 0.333. The molecule has 0 unspecified atom stereocenters. The van der Waals surface area contributed by atoms with E-state index in [2.05, 4.69) is 0 Å². The van der Waals surface area contributed by atoms with Crippen molar-refractivity contribution in [1.29, 1.82) is 0 Å². The Morgan fingerprint density at radius 1 is 0.310 bits per heavy atom. The summed E-state index contributed by atoms with van der Waals surface area (Å²) in [4.78, 5) is 80.3. The molecule has 0 aliphatic heterocycles. The molecule has 164 valence electrons. The molecule has 0 heterocycles. The minimum atomic E-state index is -0.0625. The summed E-state index contributed by atoms with van der Waals surface area (Å²) in [5, 5.41) is 0. The van der Waals surface area contributed by atoms with E-state index >= 15 is 0 Å². The molecule has 9 heteroatoms. The largest absolute Gasteiger partial charge is 4.00 e. The smallest absolute Gasteiger partial charge is 0.300 e. The van der Waals surface area contributed by atoms with Gasteiger partial charge in [-0.3, -0.25) is 38.4 Å². The third-order valence-corrected chi connectivity index (χ3v) is 1.99. The second-order valence-electron chi connectivity index (χ2n) is 6.32. The molecular weight excluding hydrogens is 558 g/mol. The molecule has 0 radical (unpaired) electrons. The molecule has 0 saturated heterocycles. The molecular formula is C20H32O8Os+4. The van der Waals surface area contributed by atoms with E-state index in [1.807, 2.05) is 0 Å². The summed E-state index contributed by atoms with van der Waals surface area (Å²) < 4.78 is 0. The standard InChI is InChI=1S/4C5H8O2.Os/c4*1-4(6)3-5(2)7;/h4*3H2,1-2H3;/q;;;;+4. The van der Waals surface area contributed by atoms with E-state index in [1.165, 1.54) is 55.4 Å². The van der Waals surface area contributed by atoms with Gasteiger partial charge in [0.1, 0.15) is 46.3 Å². The second-order valence-corrected chi connectivity index (χ2v) is 6.32. The van der Waals surface area contributed by atoms with Gasteiger partial charge >= 0.3 is 19.8 Å². The Bertz CT molecular complexity index is 439. The van der Waals surface area contributed by atoms with Gasteiger partial charge in [0.05, 0.1) is 25.7 Å². The van der Waals surface area contributed by atoms with Gasteiger partial charge in [0.2, 0.25) is 0 Å². The van der Waals surface area contributed by atoms with Crippen LogP contribution in [0.3, 0.4) is 0 Å². The van der Waals surface area contributed by atoms with Crippen molar-refractivity contribution in [3.8, 4) is 0 Å². The van der Waals surface area contributed by atoms with Crippen molar-refractivity contribution in [2.75, 3.05) is 0 Å². The number of hydrogen-bond donors (Lipinski definition) is 0. The molecule has 0 fully saturated rings. The van der Waals surface area contributed by atoms with Crippen molar-refractivity contribution in [3.05, 3.63) is 0 Å². The Morgan fingerprint density at radius 3 is 0.379 bits per heavy atom. The summed E-state index contributed by atoms with van der Waals surface area (Å²) in [7, 11) is 0. The minimum Gasteiger partial charge on any atom is -0.300 e. The summed E-state index contributed by atoms with van der Waals surface area (Å²) >= 11 is 0. The summed E-state index contributed by atoms with van der Waals surface area (Å²) in [5.41, 5.74) is 0. The fourth-order valence-electron chi connectivity index (χ4n) is 1.40. The molecule has 0 bridgehead atoms. The number of carbonyl (C=O) groups is 8. The second kappa shape index (κ2) is 24.0. The normalized spacial score (nSPS) is 8.00. The first-order valence-corrected chi connectivity index (χ1v) is 8.46. The topological polar surface area (TPSA) is 137 Å². The van der Waals surface area contributed by atoms with Gasteiger partial charge in [0, 0.05) is 0 Å². The zero-order valence-corrected chi connectivity index (χ0v) is 21.0. The monoisotopic (exact) mass is 592 g/mol. The number of ketones is 8. The molecule has 0 aliphatic rings.